The van der Waals surface area contributed by atoms with Crippen LogP contribution in [0.3, 0.4) is 0 Å². The number of hydrogen-bond donors (Lipinski definition) is 0. The Bertz CT molecular complexity index is 299. The molecule has 0 aromatic rings. The zero-order valence-electron chi connectivity index (χ0n) is 20.3. The van der Waals surface area contributed by atoms with E-state index < -0.39 is 0 Å². The molecule has 0 aliphatic heterocycles. The second-order valence-electron chi connectivity index (χ2n) is 8.82. The van der Waals surface area contributed by atoms with Gasteiger partial charge in [-0.25, -0.2) is 0 Å². The van der Waals surface area contributed by atoms with Crippen molar-refractivity contribution in [2.75, 3.05) is 0 Å². The van der Waals surface area contributed by atoms with Crippen LogP contribution >= 0.6 is 0 Å². The predicted molar refractivity (Wildman–Crippen MR) is 132 cm³/mol. The van der Waals surface area contributed by atoms with Crippen molar-refractivity contribution in [1.82, 2.24) is 0 Å². The Morgan fingerprint density at radius 1 is 0.379 bits per heavy atom. The highest BCUT2D eigenvalue weighted by Gasteiger charge is 1.93. The Labute approximate surface area is 184 Å². The normalized spacial score (nSPS) is 11.8. The topological polar surface area (TPSA) is 9.23 Å². The van der Waals surface area contributed by atoms with E-state index in [0.717, 1.165) is 12.8 Å². The predicted octanol–water partition coefficient (Wildman–Crippen LogP) is 10.7. The van der Waals surface area contributed by atoms with Crippen molar-refractivity contribution in [3.05, 3.63) is 24.7 Å². The van der Waals surface area contributed by atoms with Gasteiger partial charge in [0, 0.05) is 0 Å². The molecule has 0 spiro atoms. The number of rotatable bonds is 24. The van der Waals surface area contributed by atoms with Crippen molar-refractivity contribution < 1.29 is 4.74 Å². The van der Waals surface area contributed by atoms with E-state index in [1.165, 1.54) is 128 Å². The molecule has 0 fully saturated rings. The van der Waals surface area contributed by atoms with Gasteiger partial charge in [0.15, 0.2) is 0 Å². The zero-order chi connectivity index (χ0) is 21.1. The highest BCUT2D eigenvalue weighted by atomic mass is 16.5. The molecule has 29 heavy (non-hydrogen) atoms. The molecule has 0 rings (SSSR count). The van der Waals surface area contributed by atoms with Gasteiger partial charge in [0.2, 0.25) is 0 Å². The summed E-state index contributed by atoms with van der Waals surface area (Å²) < 4.78 is 5.46. The lowest BCUT2D eigenvalue weighted by atomic mass is 10.1. The molecule has 0 heterocycles. The van der Waals surface area contributed by atoms with E-state index in [0.29, 0.717) is 0 Å². The van der Waals surface area contributed by atoms with Gasteiger partial charge in [-0.2, -0.15) is 0 Å². The molecular weight excluding hydrogens is 352 g/mol. The van der Waals surface area contributed by atoms with E-state index in [9.17, 15) is 0 Å². The van der Waals surface area contributed by atoms with Crippen molar-refractivity contribution in [2.45, 2.75) is 155 Å². The Morgan fingerprint density at radius 2 is 0.655 bits per heavy atom. The number of hydrogen-bond acceptors (Lipinski definition) is 1. The molecular formula is C28H54O. The maximum absolute atomic E-state index is 5.46. The molecule has 0 saturated heterocycles. The molecule has 0 aromatic heterocycles. The second kappa shape index (κ2) is 27.3. The third-order valence-electron chi connectivity index (χ3n) is 5.80. The van der Waals surface area contributed by atoms with Crippen LogP contribution in [0.5, 0.6) is 0 Å². The molecule has 0 bridgehead atoms. The fraction of sp³-hybridized carbons (Fsp3) is 0.857. The van der Waals surface area contributed by atoms with Crippen LogP contribution < -0.4 is 0 Å². The van der Waals surface area contributed by atoms with Crippen molar-refractivity contribution in [3.8, 4) is 0 Å². The largest absolute Gasteiger partial charge is 0.473 e. The van der Waals surface area contributed by atoms with Gasteiger partial charge >= 0.3 is 0 Å². The summed E-state index contributed by atoms with van der Waals surface area (Å²) in [4.78, 5) is 0. The lowest BCUT2D eigenvalue weighted by Gasteiger charge is -2.01. The van der Waals surface area contributed by atoms with Crippen LogP contribution in [-0.4, -0.2) is 0 Å². The second-order valence-corrected chi connectivity index (χ2v) is 8.82. The van der Waals surface area contributed by atoms with Gasteiger partial charge < -0.3 is 4.74 Å². The first-order valence-electron chi connectivity index (χ1n) is 13.4. The summed E-state index contributed by atoms with van der Waals surface area (Å²) >= 11 is 0. The molecule has 0 radical (unpaired) electrons. The van der Waals surface area contributed by atoms with Gasteiger partial charge in [-0.05, 0) is 37.8 Å². The van der Waals surface area contributed by atoms with E-state index in [1.807, 2.05) is 12.5 Å². The SMILES string of the molecule is CCCCCCCCCCCCC=COC=CCCCCCCCCCCCC. The maximum Gasteiger partial charge on any atom is 0.0861 e. The Hall–Kier alpha value is -0.720. The van der Waals surface area contributed by atoms with Crippen LogP contribution in [0.2, 0.25) is 0 Å². The van der Waals surface area contributed by atoms with Gasteiger partial charge in [0.1, 0.15) is 0 Å². The Kier molecular flexibility index (Phi) is 26.6. The lowest BCUT2D eigenvalue weighted by molar-refractivity contribution is 0.397. The Balaban J connectivity index is 3.14. The lowest BCUT2D eigenvalue weighted by Crippen LogP contribution is -1.81. The molecule has 1 heteroatoms. The minimum absolute atomic E-state index is 1.16. The van der Waals surface area contributed by atoms with Crippen molar-refractivity contribution >= 4 is 0 Å². The summed E-state index contributed by atoms with van der Waals surface area (Å²) in [5.41, 5.74) is 0. The average Bonchev–Trinajstić information content (AvgIpc) is 2.74. The molecule has 172 valence electrons. The van der Waals surface area contributed by atoms with Crippen LogP contribution in [0.4, 0.5) is 0 Å². The van der Waals surface area contributed by atoms with E-state index in [2.05, 4.69) is 26.0 Å². The van der Waals surface area contributed by atoms with Gasteiger partial charge in [-0.15, -0.1) is 0 Å². The summed E-state index contributed by atoms with van der Waals surface area (Å²) in [6.07, 6.45) is 38.5. The molecule has 0 aliphatic carbocycles. The van der Waals surface area contributed by atoms with E-state index >= 15 is 0 Å². The average molecular weight is 407 g/mol. The molecule has 0 atom stereocenters. The summed E-state index contributed by atoms with van der Waals surface area (Å²) in [7, 11) is 0. The van der Waals surface area contributed by atoms with E-state index in [1.54, 1.807) is 0 Å². The first-order valence-corrected chi connectivity index (χ1v) is 13.4. The quantitative estimate of drug-likeness (QED) is 0.114. The molecule has 1 nitrogen and oxygen atoms in total. The minimum Gasteiger partial charge on any atom is -0.473 e. The van der Waals surface area contributed by atoms with Gasteiger partial charge in [-0.1, -0.05) is 129 Å². The summed E-state index contributed by atoms with van der Waals surface area (Å²) in [6, 6.07) is 0. The highest BCUT2D eigenvalue weighted by Crippen LogP contribution is 2.12. The molecule has 0 unspecified atom stereocenters. The Morgan fingerprint density at radius 3 is 0.966 bits per heavy atom. The third-order valence-corrected chi connectivity index (χ3v) is 5.80. The third kappa shape index (κ3) is 27.3. The van der Waals surface area contributed by atoms with Gasteiger partial charge in [-0.3, -0.25) is 0 Å². The van der Waals surface area contributed by atoms with Crippen LogP contribution in [0, 0.1) is 0 Å². The fourth-order valence-electron chi connectivity index (χ4n) is 3.79. The summed E-state index contributed by atoms with van der Waals surface area (Å²) in [6.45, 7) is 4.57. The molecule has 0 N–H and O–H groups in total. The monoisotopic (exact) mass is 406 g/mol. The molecule has 0 aromatic carbocycles. The minimum atomic E-state index is 1.16. The van der Waals surface area contributed by atoms with Crippen LogP contribution in [0.15, 0.2) is 24.7 Å². The molecule has 0 amide bonds. The first kappa shape index (κ1) is 28.3. The van der Waals surface area contributed by atoms with Gasteiger partial charge in [0.25, 0.3) is 0 Å². The summed E-state index contributed by atoms with van der Waals surface area (Å²) in [5.74, 6) is 0. The van der Waals surface area contributed by atoms with Crippen molar-refractivity contribution in [1.29, 1.82) is 0 Å². The van der Waals surface area contributed by atoms with E-state index in [-0.39, 0.29) is 0 Å². The molecule has 0 saturated carbocycles. The van der Waals surface area contributed by atoms with Crippen LogP contribution in [-0.2, 0) is 4.74 Å². The van der Waals surface area contributed by atoms with Crippen molar-refractivity contribution in [3.63, 3.8) is 0 Å². The van der Waals surface area contributed by atoms with Crippen molar-refractivity contribution in [2.24, 2.45) is 0 Å². The van der Waals surface area contributed by atoms with Gasteiger partial charge in [0.05, 0.1) is 12.5 Å². The standard InChI is InChI=1S/C28H54O/c1-3-5-7-9-11-13-15-17-19-21-23-25-27-29-28-26-24-22-20-18-16-14-12-10-8-6-4-2/h25-28H,3-24H2,1-2H3. The van der Waals surface area contributed by atoms with E-state index in [4.69, 9.17) is 4.74 Å². The number of unbranched alkanes of at least 4 members (excludes halogenated alkanes) is 20. The van der Waals surface area contributed by atoms with Crippen LogP contribution in [0.25, 0.3) is 0 Å². The fourth-order valence-corrected chi connectivity index (χ4v) is 3.79. The number of allylic oxidation sites excluding steroid dienone is 2. The first-order chi connectivity index (χ1) is 14.4. The number of ether oxygens (including phenoxy) is 1. The van der Waals surface area contributed by atoms with Crippen LogP contribution in [0.1, 0.15) is 155 Å². The summed E-state index contributed by atoms with van der Waals surface area (Å²) in [5, 5.41) is 0. The highest BCUT2D eigenvalue weighted by molar-refractivity contribution is 4.79. The molecule has 0 aliphatic rings. The zero-order valence-corrected chi connectivity index (χ0v) is 20.3. The smallest absolute Gasteiger partial charge is 0.0861 e. The maximum atomic E-state index is 5.46.